The number of alkyl halides is 2. The average molecular weight is 624 g/mol. The van der Waals surface area contributed by atoms with E-state index >= 15 is 4.39 Å². The van der Waals surface area contributed by atoms with Crippen LogP contribution >= 0.6 is 15.9 Å². The second-order valence-corrected chi connectivity index (χ2v) is 10.8. The molecule has 2 aromatic carbocycles. The van der Waals surface area contributed by atoms with Gasteiger partial charge in [-0.1, -0.05) is 28.1 Å². The van der Waals surface area contributed by atoms with Crippen molar-refractivity contribution in [1.29, 1.82) is 0 Å². The molecular weight excluding hydrogens is 597 g/mol. The summed E-state index contributed by atoms with van der Waals surface area (Å²) in [6.45, 7) is 1.49. The van der Waals surface area contributed by atoms with E-state index in [2.05, 4.69) is 15.9 Å². The number of carbonyl (C=O) groups is 3. The second-order valence-electron chi connectivity index (χ2n) is 10.2. The van der Waals surface area contributed by atoms with E-state index < -0.39 is 95.2 Å². The fourth-order valence-electron chi connectivity index (χ4n) is 5.67. The highest BCUT2D eigenvalue weighted by Gasteiger charge is 2.51. The van der Waals surface area contributed by atoms with E-state index in [1.165, 1.54) is 32.2 Å². The van der Waals surface area contributed by atoms with Crippen molar-refractivity contribution >= 4 is 33.3 Å². The van der Waals surface area contributed by atoms with Gasteiger partial charge >= 0.3 is 0 Å². The lowest BCUT2D eigenvalue weighted by Crippen LogP contribution is -2.59. The Bertz CT molecular complexity index is 1430. The molecule has 5 rings (SSSR count). The number of Topliss-reactive ketones (excluding diaryl/α,β-unsaturated/α-hetero) is 1. The van der Waals surface area contributed by atoms with Gasteiger partial charge in [0.2, 0.25) is 5.78 Å². The number of phenolic OH excluding ortho intramolecular Hbond substituents is 2. The van der Waals surface area contributed by atoms with Crippen molar-refractivity contribution in [2.75, 3.05) is 12.4 Å². The zero-order valence-corrected chi connectivity index (χ0v) is 23.0. The van der Waals surface area contributed by atoms with Crippen molar-refractivity contribution in [1.82, 2.24) is 0 Å². The van der Waals surface area contributed by atoms with Crippen LogP contribution in [-0.4, -0.2) is 86.5 Å². The van der Waals surface area contributed by atoms with Crippen molar-refractivity contribution in [3.8, 4) is 17.2 Å². The number of hydrogen-bond donors (Lipinski definition) is 5. The minimum absolute atomic E-state index is 0.0680. The van der Waals surface area contributed by atoms with Crippen LogP contribution in [0, 0.1) is 0 Å². The molecule has 1 fully saturated rings. The second kappa shape index (κ2) is 10.2. The first-order valence-corrected chi connectivity index (χ1v) is 13.6. The Morgan fingerprint density at radius 1 is 1.20 bits per heavy atom. The number of ketones is 3. The molecule has 7 unspecified atom stereocenters. The Labute approximate surface area is 235 Å². The largest absolute Gasteiger partial charge is 0.507 e. The normalized spacial score (nSPS) is 31.3. The number of aliphatic hydroxyl groups is 2. The average Bonchev–Trinajstić information content (AvgIpc) is 2.94. The number of fused-ring (bicyclic) bond motifs is 3. The highest BCUT2D eigenvalue weighted by molar-refractivity contribution is 9.09. The van der Waals surface area contributed by atoms with Crippen LogP contribution in [0.2, 0.25) is 0 Å². The minimum atomic E-state index is -2.18. The summed E-state index contributed by atoms with van der Waals surface area (Å²) in [6.07, 6.45) is -9.02. The van der Waals surface area contributed by atoms with Crippen LogP contribution < -0.4 is 10.5 Å². The third-order valence-corrected chi connectivity index (χ3v) is 8.40. The van der Waals surface area contributed by atoms with E-state index in [0.717, 1.165) is 0 Å². The van der Waals surface area contributed by atoms with E-state index in [1.807, 2.05) is 0 Å². The van der Waals surface area contributed by atoms with Crippen LogP contribution in [-0.2, 0) is 20.7 Å². The fraction of sp³-hybridized carbons (Fsp3) is 0.444. The summed E-state index contributed by atoms with van der Waals surface area (Å²) in [5, 5.41) is 44.1. The number of carbonyl (C=O) groups excluding carboxylic acids is 3. The number of hydrogen-bond acceptors (Lipinski definition) is 11. The zero-order chi connectivity index (χ0) is 29.3. The topological polar surface area (TPSA) is 186 Å². The van der Waals surface area contributed by atoms with Crippen molar-refractivity contribution < 1.29 is 53.4 Å². The number of aliphatic hydroxyl groups excluding tert-OH is 1. The number of ether oxygens (including phenoxy) is 3. The Hall–Kier alpha value is -2.94. The highest BCUT2D eigenvalue weighted by Crippen LogP contribution is 2.52. The number of rotatable bonds is 5. The molecule has 0 radical (unpaired) electrons. The first kappa shape index (κ1) is 28.6. The minimum Gasteiger partial charge on any atom is -0.507 e. The Balaban J connectivity index is 1.70. The Morgan fingerprint density at radius 2 is 1.88 bits per heavy atom. The molecule has 13 heteroatoms. The standard InChI is InChI=1S/C27H27BrFNO10/c1-9-20(30)25(36)19(29)26(39-9)40-13-7-27(37,14(31)8-28)6-11-16(13)24(35)18-17(22(11)33)21(32)10-4-3-5-12(38-2)15(10)23(18)34/h3-5,9,13,19-20,25-26,33,35-37H,6-8,30H2,1-2H3. The zero-order valence-electron chi connectivity index (χ0n) is 21.4. The summed E-state index contributed by atoms with van der Waals surface area (Å²) >= 11 is 3.01. The third kappa shape index (κ3) is 4.14. The lowest BCUT2D eigenvalue weighted by atomic mass is 9.72. The molecule has 0 aromatic heterocycles. The summed E-state index contributed by atoms with van der Waals surface area (Å²) in [4.78, 5) is 40.0. The summed E-state index contributed by atoms with van der Waals surface area (Å²) in [5.74, 6) is -3.73. The third-order valence-electron chi connectivity index (χ3n) is 7.89. The van der Waals surface area contributed by atoms with E-state index in [1.54, 1.807) is 0 Å². The molecule has 6 N–H and O–H groups in total. The lowest BCUT2D eigenvalue weighted by Gasteiger charge is -2.43. The summed E-state index contributed by atoms with van der Waals surface area (Å²) in [6, 6.07) is 3.25. The lowest BCUT2D eigenvalue weighted by molar-refractivity contribution is -0.273. The van der Waals surface area contributed by atoms with Crippen LogP contribution in [0.3, 0.4) is 0 Å². The van der Waals surface area contributed by atoms with Crippen molar-refractivity contribution in [2.45, 2.75) is 62.2 Å². The maximum Gasteiger partial charge on any atom is 0.202 e. The van der Waals surface area contributed by atoms with Gasteiger partial charge in [-0.15, -0.1) is 0 Å². The molecular formula is C27H27BrFNO10. The van der Waals surface area contributed by atoms with Crippen LogP contribution in [0.15, 0.2) is 18.2 Å². The smallest absolute Gasteiger partial charge is 0.202 e. The predicted molar refractivity (Wildman–Crippen MR) is 139 cm³/mol. The molecule has 0 saturated carbocycles. The van der Waals surface area contributed by atoms with Gasteiger partial charge in [-0.25, -0.2) is 4.39 Å². The monoisotopic (exact) mass is 623 g/mol. The molecule has 214 valence electrons. The molecule has 1 saturated heterocycles. The van der Waals surface area contributed by atoms with E-state index in [9.17, 15) is 34.8 Å². The number of methoxy groups -OCH3 is 1. The number of aromatic hydroxyl groups is 2. The van der Waals surface area contributed by atoms with E-state index in [0.29, 0.717) is 0 Å². The molecule has 40 heavy (non-hydrogen) atoms. The summed E-state index contributed by atoms with van der Waals surface area (Å²) in [7, 11) is 1.30. The number of benzene rings is 2. The molecule has 11 nitrogen and oxygen atoms in total. The first-order valence-electron chi connectivity index (χ1n) is 12.4. The molecule has 7 atom stereocenters. The Morgan fingerprint density at radius 3 is 2.52 bits per heavy atom. The molecule has 1 aliphatic heterocycles. The maximum atomic E-state index is 15.1. The van der Waals surface area contributed by atoms with Gasteiger partial charge in [-0.2, -0.15) is 0 Å². The number of phenols is 2. The van der Waals surface area contributed by atoms with Crippen LogP contribution in [0.4, 0.5) is 4.39 Å². The van der Waals surface area contributed by atoms with Crippen LogP contribution in [0.25, 0.3) is 0 Å². The van der Waals surface area contributed by atoms with Crippen molar-refractivity contribution in [2.24, 2.45) is 5.73 Å². The molecule has 0 amide bonds. The molecule has 0 spiro atoms. The molecule has 0 bridgehead atoms. The SMILES string of the molecule is COc1cccc2c1C(=O)c1c(O)c3c(c(O)c1C2=O)CC(O)(C(=O)CBr)CC3OC1OC(C)C(N)C(O)C1F. The van der Waals surface area contributed by atoms with Crippen molar-refractivity contribution in [3.05, 3.63) is 51.6 Å². The summed E-state index contributed by atoms with van der Waals surface area (Å²) in [5.41, 5.74) is 1.92. The first-order chi connectivity index (χ1) is 18.9. The van der Waals surface area contributed by atoms with Crippen LogP contribution in [0.1, 0.15) is 62.4 Å². The van der Waals surface area contributed by atoms with Gasteiger partial charge in [0.15, 0.2) is 24.0 Å². The van der Waals surface area contributed by atoms with Gasteiger partial charge in [-0.05, 0) is 13.0 Å². The fourth-order valence-corrected chi connectivity index (χ4v) is 6.19. The van der Waals surface area contributed by atoms with Crippen molar-refractivity contribution in [3.63, 3.8) is 0 Å². The van der Waals surface area contributed by atoms with Gasteiger partial charge in [0, 0.05) is 29.5 Å². The van der Waals surface area contributed by atoms with Gasteiger partial charge in [0.25, 0.3) is 0 Å². The molecule has 1 heterocycles. The van der Waals surface area contributed by atoms with E-state index in [4.69, 9.17) is 19.9 Å². The highest BCUT2D eigenvalue weighted by atomic mass is 79.9. The molecule has 3 aliphatic rings. The summed E-state index contributed by atoms with van der Waals surface area (Å²) < 4.78 is 31.7. The molecule has 2 aliphatic carbocycles. The van der Waals surface area contributed by atoms with Gasteiger partial charge < -0.3 is 40.4 Å². The number of nitrogens with two attached hydrogens (primary N) is 1. The van der Waals surface area contributed by atoms with Crippen LogP contribution in [0.5, 0.6) is 17.2 Å². The van der Waals surface area contributed by atoms with Gasteiger partial charge in [-0.3, -0.25) is 14.4 Å². The maximum absolute atomic E-state index is 15.1. The van der Waals surface area contributed by atoms with Gasteiger partial charge in [0.1, 0.15) is 29.0 Å². The quantitative estimate of drug-likeness (QED) is 0.204. The van der Waals surface area contributed by atoms with E-state index in [-0.39, 0.29) is 33.3 Å². The number of halogens is 2. The van der Waals surface area contributed by atoms with Gasteiger partial charge in [0.05, 0.1) is 47.4 Å². The molecule has 2 aromatic rings. The Kier molecular flexibility index (Phi) is 7.26. The predicted octanol–water partition coefficient (Wildman–Crippen LogP) is 1.35.